The number of amides is 1. The highest BCUT2D eigenvalue weighted by molar-refractivity contribution is 5.92. The summed E-state index contributed by atoms with van der Waals surface area (Å²) >= 11 is 0. The molecule has 5 nitrogen and oxygen atoms in total. The van der Waals surface area contributed by atoms with Crippen molar-refractivity contribution in [2.24, 2.45) is 4.99 Å². The fourth-order valence-corrected chi connectivity index (χ4v) is 4.74. The number of likely N-dealkylation sites (tertiary alicyclic amines) is 1. The molecule has 5 heteroatoms. The highest BCUT2D eigenvalue weighted by Crippen LogP contribution is 2.44. The molecule has 0 aromatic heterocycles. The molecule has 2 aromatic carbocycles. The van der Waals surface area contributed by atoms with Crippen LogP contribution in [-0.4, -0.2) is 29.9 Å². The number of hydrogen-bond donors (Lipinski definition) is 0. The van der Waals surface area contributed by atoms with Crippen molar-refractivity contribution in [1.82, 2.24) is 4.90 Å². The van der Waals surface area contributed by atoms with Crippen molar-refractivity contribution in [2.45, 2.75) is 51.9 Å². The number of rotatable bonds is 0. The standard InChI is InChI=1S/C24H26N2O3/c1-16-11-19-13-22(27)25-23(28-14-20(19)12-17(16)2)26-9-7-24(8-10-26)21-6-4-3-5-18(21)15-29-24/h3-6,11-12H,7-10,13-15H2,1-2H3. The van der Waals surface area contributed by atoms with E-state index in [2.05, 4.69) is 60.1 Å². The number of benzene rings is 2. The maximum absolute atomic E-state index is 12.5. The van der Waals surface area contributed by atoms with Crippen molar-refractivity contribution in [1.29, 1.82) is 0 Å². The normalized spacial score (nSPS) is 20.4. The molecular formula is C24H26N2O3. The van der Waals surface area contributed by atoms with Gasteiger partial charge in [0.05, 0.1) is 18.6 Å². The lowest BCUT2D eigenvalue weighted by Crippen LogP contribution is -2.46. The van der Waals surface area contributed by atoms with E-state index in [4.69, 9.17) is 9.47 Å². The van der Waals surface area contributed by atoms with Crippen molar-refractivity contribution in [3.8, 4) is 0 Å². The number of amidine groups is 1. The van der Waals surface area contributed by atoms with E-state index in [1.807, 2.05) is 0 Å². The van der Waals surface area contributed by atoms with E-state index >= 15 is 0 Å². The molecule has 150 valence electrons. The highest BCUT2D eigenvalue weighted by Gasteiger charge is 2.43. The van der Waals surface area contributed by atoms with Crippen molar-refractivity contribution in [3.05, 3.63) is 69.8 Å². The van der Waals surface area contributed by atoms with Crippen molar-refractivity contribution < 1.29 is 14.3 Å². The number of aliphatic imine (C=N–C) groups is 1. The van der Waals surface area contributed by atoms with E-state index in [1.54, 1.807) is 0 Å². The number of carbonyl (C=O) groups is 1. The Morgan fingerprint density at radius 3 is 2.48 bits per heavy atom. The van der Waals surface area contributed by atoms with E-state index in [1.165, 1.54) is 22.3 Å². The minimum atomic E-state index is -0.208. The molecule has 5 rings (SSSR count). The lowest BCUT2D eigenvalue weighted by molar-refractivity contribution is -0.117. The van der Waals surface area contributed by atoms with Gasteiger partial charge in [-0.25, -0.2) is 0 Å². The number of hydrogen-bond acceptors (Lipinski definition) is 4. The van der Waals surface area contributed by atoms with Crippen molar-refractivity contribution in [2.75, 3.05) is 13.1 Å². The van der Waals surface area contributed by atoms with E-state index in [0.717, 1.165) is 37.1 Å². The summed E-state index contributed by atoms with van der Waals surface area (Å²) in [6.07, 6.45) is 2.07. The first-order valence-electron chi connectivity index (χ1n) is 10.3. The molecule has 0 unspecified atom stereocenters. The van der Waals surface area contributed by atoms with E-state index < -0.39 is 0 Å². The summed E-state index contributed by atoms with van der Waals surface area (Å²) in [4.78, 5) is 18.9. The van der Waals surface area contributed by atoms with Gasteiger partial charge in [-0.2, -0.15) is 4.99 Å². The molecule has 1 spiro atoms. The zero-order valence-corrected chi connectivity index (χ0v) is 17.0. The molecule has 0 bridgehead atoms. The fourth-order valence-electron chi connectivity index (χ4n) is 4.74. The molecule has 0 atom stereocenters. The van der Waals surface area contributed by atoms with Gasteiger partial charge in [0.25, 0.3) is 11.9 Å². The Morgan fingerprint density at radius 1 is 0.966 bits per heavy atom. The van der Waals surface area contributed by atoms with E-state index in [-0.39, 0.29) is 11.5 Å². The van der Waals surface area contributed by atoms with Gasteiger partial charge in [0.1, 0.15) is 6.61 Å². The number of carbonyl (C=O) groups excluding carboxylic acids is 1. The van der Waals surface area contributed by atoms with Gasteiger partial charge in [0, 0.05) is 13.1 Å². The van der Waals surface area contributed by atoms with E-state index in [0.29, 0.717) is 25.7 Å². The average Bonchev–Trinajstić information content (AvgIpc) is 3.06. The Kier molecular flexibility index (Phi) is 4.43. The van der Waals surface area contributed by atoms with Gasteiger partial charge >= 0.3 is 0 Å². The van der Waals surface area contributed by atoms with Crippen LogP contribution in [0.5, 0.6) is 0 Å². The minimum Gasteiger partial charge on any atom is -0.460 e. The second-order valence-corrected chi connectivity index (χ2v) is 8.39. The molecule has 0 aliphatic carbocycles. The Labute approximate surface area is 171 Å². The summed E-state index contributed by atoms with van der Waals surface area (Å²) in [5, 5.41) is 0. The van der Waals surface area contributed by atoms with Crippen LogP contribution in [-0.2, 0) is 39.5 Å². The largest absolute Gasteiger partial charge is 0.460 e. The zero-order valence-electron chi connectivity index (χ0n) is 17.0. The first-order valence-corrected chi connectivity index (χ1v) is 10.3. The molecular weight excluding hydrogens is 364 g/mol. The number of fused-ring (bicyclic) bond motifs is 3. The molecule has 2 aromatic rings. The van der Waals surface area contributed by atoms with Gasteiger partial charge in [-0.15, -0.1) is 0 Å². The third-order valence-corrected chi connectivity index (χ3v) is 6.59. The lowest BCUT2D eigenvalue weighted by Gasteiger charge is -2.40. The van der Waals surface area contributed by atoms with Gasteiger partial charge in [-0.05, 0) is 60.1 Å². The van der Waals surface area contributed by atoms with E-state index in [9.17, 15) is 4.79 Å². The molecule has 1 saturated heterocycles. The van der Waals surface area contributed by atoms with Crippen LogP contribution in [0.3, 0.4) is 0 Å². The molecule has 29 heavy (non-hydrogen) atoms. The van der Waals surface area contributed by atoms with Crippen molar-refractivity contribution in [3.63, 3.8) is 0 Å². The first kappa shape index (κ1) is 18.4. The van der Waals surface area contributed by atoms with Gasteiger partial charge in [0.2, 0.25) is 0 Å². The Hall–Kier alpha value is -2.66. The van der Waals surface area contributed by atoms with Crippen LogP contribution in [0.25, 0.3) is 0 Å². The Bertz CT molecular complexity index is 1000. The molecule has 1 fully saturated rings. The maximum atomic E-state index is 12.5. The topological polar surface area (TPSA) is 51.1 Å². The lowest BCUT2D eigenvalue weighted by atomic mass is 9.84. The SMILES string of the molecule is Cc1cc2c(cc1C)CC(=O)N=C(N1CCC3(CC1)OCc1ccccc13)OC2. The van der Waals surface area contributed by atoms with Gasteiger partial charge in [-0.1, -0.05) is 36.4 Å². The monoisotopic (exact) mass is 390 g/mol. The zero-order chi connectivity index (χ0) is 20.0. The second kappa shape index (κ2) is 6.99. The van der Waals surface area contributed by atoms with Crippen LogP contribution in [0.1, 0.15) is 46.2 Å². The van der Waals surface area contributed by atoms with Crippen LogP contribution in [0.4, 0.5) is 0 Å². The summed E-state index contributed by atoms with van der Waals surface area (Å²) < 4.78 is 12.3. The highest BCUT2D eigenvalue weighted by atomic mass is 16.5. The maximum Gasteiger partial charge on any atom is 0.295 e. The molecule has 3 aliphatic rings. The third-order valence-electron chi connectivity index (χ3n) is 6.59. The fraction of sp³-hybridized carbons (Fsp3) is 0.417. The molecule has 0 radical (unpaired) electrons. The molecule has 0 N–H and O–H groups in total. The summed E-state index contributed by atoms with van der Waals surface area (Å²) in [6.45, 7) is 6.82. The summed E-state index contributed by atoms with van der Waals surface area (Å²) in [7, 11) is 0. The van der Waals surface area contributed by atoms with Gasteiger partial charge < -0.3 is 14.4 Å². The minimum absolute atomic E-state index is 0.146. The van der Waals surface area contributed by atoms with Crippen LogP contribution < -0.4 is 0 Å². The van der Waals surface area contributed by atoms with Gasteiger partial charge in [0.15, 0.2) is 0 Å². The predicted molar refractivity (Wildman–Crippen MR) is 111 cm³/mol. The van der Waals surface area contributed by atoms with Crippen LogP contribution in [0.15, 0.2) is 41.4 Å². The molecule has 3 heterocycles. The quantitative estimate of drug-likeness (QED) is 0.687. The average molecular weight is 390 g/mol. The number of ether oxygens (including phenoxy) is 2. The number of aryl methyl sites for hydroxylation is 2. The second-order valence-electron chi connectivity index (χ2n) is 8.39. The summed E-state index contributed by atoms with van der Waals surface area (Å²) in [5.41, 5.74) is 6.91. The third kappa shape index (κ3) is 3.23. The number of piperidine rings is 1. The summed E-state index contributed by atoms with van der Waals surface area (Å²) in [5.74, 6) is -0.146. The Balaban J connectivity index is 1.33. The van der Waals surface area contributed by atoms with Crippen LogP contribution in [0.2, 0.25) is 0 Å². The molecule has 3 aliphatic heterocycles. The first-order chi connectivity index (χ1) is 14.0. The van der Waals surface area contributed by atoms with Crippen LogP contribution in [0, 0.1) is 13.8 Å². The summed E-state index contributed by atoms with van der Waals surface area (Å²) in [6, 6.07) is 13.2. The van der Waals surface area contributed by atoms with Crippen molar-refractivity contribution >= 4 is 11.9 Å². The Morgan fingerprint density at radius 2 is 1.69 bits per heavy atom. The molecule has 0 saturated carbocycles. The predicted octanol–water partition coefficient (Wildman–Crippen LogP) is 3.78. The molecule has 1 amide bonds. The number of nitrogens with zero attached hydrogens (tertiary/aromatic N) is 2. The van der Waals surface area contributed by atoms with Gasteiger partial charge in [-0.3, -0.25) is 4.79 Å². The van der Waals surface area contributed by atoms with Crippen LogP contribution >= 0.6 is 0 Å². The smallest absolute Gasteiger partial charge is 0.295 e.